The molecular formula is C13H14BrClN2. The van der Waals surface area contributed by atoms with Gasteiger partial charge in [0.25, 0.3) is 0 Å². The zero-order valence-corrected chi connectivity index (χ0v) is 11.9. The van der Waals surface area contributed by atoms with Crippen molar-refractivity contribution in [3.8, 4) is 0 Å². The van der Waals surface area contributed by atoms with Gasteiger partial charge in [-0.1, -0.05) is 57.9 Å². The van der Waals surface area contributed by atoms with Gasteiger partial charge in [0.1, 0.15) is 0 Å². The zero-order valence-electron chi connectivity index (χ0n) is 9.61. The van der Waals surface area contributed by atoms with Gasteiger partial charge in [-0.3, -0.25) is 4.68 Å². The minimum Gasteiger partial charge on any atom is -0.271 e. The molecule has 0 aliphatic rings. The van der Waals surface area contributed by atoms with Crippen molar-refractivity contribution in [1.82, 2.24) is 9.78 Å². The highest BCUT2D eigenvalue weighted by molar-refractivity contribution is 9.09. The summed E-state index contributed by atoms with van der Waals surface area (Å²) in [6.45, 7) is 0. The van der Waals surface area contributed by atoms with Crippen LogP contribution in [-0.4, -0.2) is 9.78 Å². The second-order valence-corrected chi connectivity index (χ2v) is 5.49. The first kappa shape index (κ1) is 12.7. The Morgan fingerprint density at radius 2 is 2.06 bits per heavy atom. The van der Waals surface area contributed by atoms with E-state index in [2.05, 4.69) is 45.3 Å². The summed E-state index contributed by atoms with van der Waals surface area (Å²) in [5.74, 6) is 0. The molecule has 1 aromatic heterocycles. The predicted octanol–water partition coefficient (Wildman–Crippen LogP) is 4.14. The summed E-state index contributed by atoms with van der Waals surface area (Å²) >= 11 is 9.78. The summed E-state index contributed by atoms with van der Waals surface area (Å²) in [6, 6.07) is 10.4. The van der Waals surface area contributed by atoms with Gasteiger partial charge in [0.2, 0.25) is 0 Å². The van der Waals surface area contributed by atoms with E-state index >= 15 is 0 Å². The normalized spacial score (nSPS) is 12.6. The average molecular weight is 314 g/mol. The molecule has 2 nitrogen and oxygen atoms in total. The van der Waals surface area contributed by atoms with Crippen LogP contribution in [0.1, 0.15) is 22.5 Å². The minimum absolute atomic E-state index is 0.356. The summed E-state index contributed by atoms with van der Waals surface area (Å²) in [7, 11) is 1.92. The lowest BCUT2D eigenvalue weighted by Gasteiger charge is -2.10. The molecule has 1 aromatic carbocycles. The fraction of sp³-hybridized carbons (Fsp3) is 0.308. The molecule has 2 rings (SSSR count). The molecule has 0 amide bonds. The number of halogens is 2. The zero-order chi connectivity index (χ0) is 12.3. The molecule has 17 heavy (non-hydrogen) atoms. The fourth-order valence-corrected chi connectivity index (χ4v) is 2.60. The highest BCUT2D eigenvalue weighted by atomic mass is 79.9. The lowest BCUT2D eigenvalue weighted by molar-refractivity contribution is 0.681. The first-order chi connectivity index (χ1) is 8.18. The number of hydrogen-bond donors (Lipinski definition) is 0. The van der Waals surface area contributed by atoms with Crippen molar-refractivity contribution < 1.29 is 0 Å². The predicted molar refractivity (Wildman–Crippen MR) is 74.6 cm³/mol. The smallest absolute Gasteiger partial charge is 0.0817 e. The second-order valence-electron chi connectivity index (χ2n) is 3.98. The Labute approximate surface area is 115 Å². The number of rotatable bonds is 4. The van der Waals surface area contributed by atoms with Crippen molar-refractivity contribution in [2.24, 2.45) is 7.05 Å². The largest absolute Gasteiger partial charge is 0.271 e. The van der Waals surface area contributed by atoms with Gasteiger partial charge in [-0.25, -0.2) is 0 Å². The Kier molecular flexibility index (Phi) is 4.24. The first-order valence-electron chi connectivity index (χ1n) is 5.54. The van der Waals surface area contributed by atoms with Crippen LogP contribution in [0.2, 0.25) is 5.02 Å². The van der Waals surface area contributed by atoms with E-state index in [0.29, 0.717) is 4.83 Å². The highest BCUT2D eigenvalue weighted by Crippen LogP contribution is 2.28. The molecule has 0 bridgehead atoms. The van der Waals surface area contributed by atoms with Crippen molar-refractivity contribution in [3.05, 3.63) is 52.8 Å². The van der Waals surface area contributed by atoms with E-state index < -0.39 is 0 Å². The summed E-state index contributed by atoms with van der Waals surface area (Å²) in [6.07, 6.45) is 3.62. The average Bonchev–Trinajstić information content (AvgIpc) is 2.67. The number of benzene rings is 1. The third-order valence-corrected chi connectivity index (χ3v) is 4.11. The minimum atomic E-state index is 0.356. The SMILES string of the molecule is Cn1ncc(Cl)c1CCC(Br)c1ccccc1. The van der Waals surface area contributed by atoms with Crippen LogP contribution in [0.15, 0.2) is 36.5 Å². The van der Waals surface area contributed by atoms with E-state index in [1.165, 1.54) is 5.56 Å². The molecule has 1 atom stereocenters. The van der Waals surface area contributed by atoms with Crippen LogP contribution >= 0.6 is 27.5 Å². The van der Waals surface area contributed by atoms with Crippen LogP contribution < -0.4 is 0 Å². The van der Waals surface area contributed by atoms with Gasteiger partial charge in [-0.05, 0) is 18.4 Å². The molecule has 1 heterocycles. The van der Waals surface area contributed by atoms with Gasteiger partial charge in [-0.15, -0.1) is 0 Å². The van der Waals surface area contributed by atoms with Crippen LogP contribution in [0.3, 0.4) is 0 Å². The third kappa shape index (κ3) is 3.11. The number of alkyl halides is 1. The fourth-order valence-electron chi connectivity index (χ4n) is 1.81. The van der Waals surface area contributed by atoms with E-state index in [1.807, 2.05) is 17.8 Å². The Morgan fingerprint density at radius 1 is 1.35 bits per heavy atom. The summed E-state index contributed by atoms with van der Waals surface area (Å²) < 4.78 is 1.84. The maximum Gasteiger partial charge on any atom is 0.0817 e. The van der Waals surface area contributed by atoms with Crippen LogP contribution in [0, 0.1) is 0 Å². The van der Waals surface area contributed by atoms with Gasteiger partial charge in [-0.2, -0.15) is 5.10 Å². The van der Waals surface area contributed by atoms with Crippen molar-refractivity contribution in [2.75, 3.05) is 0 Å². The maximum absolute atomic E-state index is 6.08. The first-order valence-corrected chi connectivity index (χ1v) is 6.83. The quantitative estimate of drug-likeness (QED) is 0.776. The summed E-state index contributed by atoms with van der Waals surface area (Å²) in [4.78, 5) is 0.356. The molecule has 0 saturated carbocycles. The molecule has 0 spiro atoms. The molecule has 1 unspecified atom stereocenters. The number of hydrogen-bond acceptors (Lipinski definition) is 1. The molecular weight excluding hydrogens is 300 g/mol. The lowest BCUT2D eigenvalue weighted by atomic mass is 10.1. The molecule has 0 fully saturated rings. The number of nitrogens with zero attached hydrogens (tertiary/aromatic N) is 2. The molecule has 0 N–H and O–H groups in total. The Hall–Kier alpha value is -0.800. The number of aryl methyl sites for hydroxylation is 1. The van der Waals surface area contributed by atoms with Crippen molar-refractivity contribution in [2.45, 2.75) is 17.7 Å². The molecule has 2 aromatic rings. The van der Waals surface area contributed by atoms with E-state index in [0.717, 1.165) is 23.6 Å². The molecule has 0 saturated heterocycles. The van der Waals surface area contributed by atoms with Crippen LogP contribution in [-0.2, 0) is 13.5 Å². The van der Waals surface area contributed by atoms with Gasteiger partial charge in [0.05, 0.1) is 16.9 Å². The van der Waals surface area contributed by atoms with Crippen LogP contribution in [0.5, 0.6) is 0 Å². The Morgan fingerprint density at radius 3 is 2.65 bits per heavy atom. The van der Waals surface area contributed by atoms with E-state index in [1.54, 1.807) is 6.20 Å². The van der Waals surface area contributed by atoms with Crippen molar-refractivity contribution >= 4 is 27.5 Å². The maximum atomic E-state index is 6.08. The van der Waals surface area contributed by atoms with Crippen molar-refractivity contribution in [1.29, 1.82) is 0 Å². The monoisotopic (exact) mass is 312 g/mol. The molecule has 90 valence electrons. The van der Waals surface area contributed by atoms with Gasteiger partial charge in [0, 0.05) is 11.9 Å². The van der Waals surface area contributed by atoms with Crippen molar-refractivity contribution in [3.63, 3.8) is 0 Å². The topological polar surface area (TPSA) is 17.8 Å². The summed E-state index contributed by atoms with van der Waals surface area (Å²) in [5.41, 5.74) is 2.39. The lowest BCUT2D eigenvalue weighted by Crippen LogP contribution is -2.01. The van der Waals surface area contributed by atoms with Crippen LogP contribution in [0.4, 0.5) is 0 Å². The highest BCUT2D eigenvalue weighted by Gasteiger charge is 2.11. The van der Waals surface area contributed by atoms with Gasteiger partial charge < -0.3 is 0 Å². The standard InChI is InChI=1S/C13H14BrClN2/c1-17-13(12(15)9-16-17)8-7-11(14)10-5-3-2-4-6-10/h2-6,9,11H,7-8H2,1H3. The Bertz CT molecular complexity index is 462. The molecule has 0 aliphatic heterocycles. The third-order valence-electron chi connectivity index (χ3n) is 2.81. The molecule has 0 radical (unpaired) electrons. The van der Waals surface area contributed by atoms with E-state index in [-0.39, 0.29) is 0 Å². The van der Waals surface area contributed by atoms with E-state index in [9.17, 15) is 0 Å². The molecule has 4 heteroatoms. The Balaban J connectivity index is 1.99. The van der Waals surface area contributed by atoms with Gasteiger partial charge >= 0.3 is 0 Å². The number of aromatic nitrogens is 2. The van der Waals surface area contributed by atoms with Gasteiger partial charge in [0.15, 0.2) is 0 Å². The molecule has 0 aliphatic carbocycles. The van der Waals surface area contributed by atoms with Crippen LogP contribution in [0.25, 0.3) is 0 Å². The summed E-state index contributed by atoms with van der Waals surface area (Å²) in [5, 5.41) is 4.89. The second kappa shape index (κ2) is 5.69. The van der Waals surface area contributed by atoms with E-state index in [4.69, 9.17) is 11.6 Å².